The molecule has 1 atom stereocenters. The largest absolute Gasteiger partial charge is 0.299 e. The second kappa shape index (κ2) is 5.46. The molecule has 0 fully saturated rings. The summed E-state index contributed by atoms with van der Waals surface area (Å²) in [7, 11) is 0. The maximum absolute atomic E-state index is 11.9. The van der Waals surface area contributed by atoms with Crippen molar-refractivity contribution < 1.29 is 4.79 Å². The second-order valence-electron chi connectivity index (χ2n) is 4.69. The molecule has 1 aromatic carbocycles. The van der Waals surface area contributed by atoms with E-state index in [0.717, 1.165) is 6.42 Å². The number of carbonyl (C=O) groups excluding carboxylic acids is 1. The van der Waals surface area contributed by atoms with Gasteiger partial charge in [-0.15, -0.1) is 11.3 Å². The Morgan fingerprint density at radius 3 is 2.88 bits per heavy atom. The van der Waals surface area contributed by atoms with Gasteiger partial charge in [0.05, 0.1) is 0 Å². The van der Waals surface area contributed by atoms with E-state index >= 15 is 0 Å². The average molecular weight is 246 g/mol. The Hall–Kier alpha value is -1.15. The Morgan fingerprint density at radius 2 is 2.12 bits per heavy atom. The lowest BCUT2D eigenvalue weighted by atomic mass is 9.98. The van der Waals surface area contributed by atoms with Gasteiger partial charge in [-0.3, -0.25) is 4.79 Å². The van der Waals surface area contributed by atoms with Gasteiger partial charge in [-0.05, 0) is 28.3 Å². The average Bonchev–Trinajstić information content (AvgIpc) is 2.72. The number of hydrogen-bond acceptors (Lipinski definition) is 2. The van der Waals surface area contributed by atoms with E-state index < -0.39 is 0 Å². The summed E-state index contributed by atoms with van der Waals surface area (Å²) in [6.07, 6.45) is 2.38. The fourth-order valence-electron chi connectivity index (χ4n) is 1.99. The van der Waals surface area contributed by atoms with Gasteiger partial charge in [-0.25, -0.2) is 0 Å². The van der Waals surface area contributed by atoms with Crippen molar-refractivity contribution in [2.45, 2.75) is 33.1 Å². The van der Waals surface area contributed by atoms with Gasteiger partial charge in [0.15, 0.2) is 0 Å². The zero-order valence-corrected chi connectivity index (χ0v) is 11.2. The van der Waals surface area contributed by atoms with Gasteiger partial charge in [0.25, 0.3) is 0 Å². The lowest BCUT2D eigenvalue weighted by Crippen LogP contribution is -2.07. The number of benzene rings is 1. The third-order valence-electron chi connectivity index (χ3n) is 3.22. The first-order valence-electron chi connectivity index (χ1n) is 6.17. The van der Waals surface area contributed by atoms with E-state index in [4.69, 9.17) is 0 Å². The smallest absolute Gasteiger partial charge is 0.137 e. The molecule has 2 rings (SSSR count). The topological polar surface area (TPSA) is 17.1 Å². The number of carbonyl (C=O) groups is 1. The van der Waals surface area contributed by atoms with Crippen molar-refractivity contribution in [2.75, 3.05) is 0 Å². The zero-order chi connectivity index (χ0) is 12.3. The van der Waals surface area contributed by atoms with Crippen LogP contribution in [-0.4, -0.2) is 5.78 Å². The molecule has 1 nitrogen and oxygen atoms in total. The first-order valence-corrected chi connectivity index (χ1v) is 7.05. The van der Waals surface area contributed by atoms with Crippen molar-refractivity contribution in [3.8, 4) is 0 Å². The van der Waals surface area contributed by atoms with Crippen molar-refractivity contribution >= 4 is 27.2 Å². The second-order valence-corrected chi connectivity index (χ2v) is 5.60. The van der Waals surface area contributed by atoms with Crippen LogP contribution in [0.2, 0.25) is 0 Å². The van der Waals surface area contributed by atoms with E-state index in [1.54, 1.807) is 11.3 Å². The maximum Gasteiger partial charge on any atom is 0.137 e. The monoisotopic (exact) mass is 246 g/mol. The van der Waals surface area contributed by atoms with Crippen LogP contribution in [0.1, 0.15) is 32.3 Å². The summed E-state index contributed by atoms with van der Waals surface area (Å²) >= 11 is 1.73. The molecule has 2 aromatic rings. The van der Waals surface area contributed by atoms with Crippen LogP contribution in [0, 0.1) is 5.92 Å². The van der Waals surface area contributed by atoms with Crippen molar-refractivity contribution in [3.63, 3.8) is 0 Å². The minimum atomic E-state index is 0.364. The van der Waals surface area contributed by atoms with Crippen LogP contribution in [0.15, 0.2) is 29.6 Å². The molecule has 0 saturated heterocycles. The normalized spacial score (nSPS) is 12.8. The molecule has 0 aliphatic rings. The van der Waals surface area contributed by atoms with Crippen LogP contribution < -0.4 is 0 Å². The van der Waals surface area contributed by atoms with Gasteiger partial charge in [0.1, 0.15) is 5.78 Å². The van der Waals surface area contributed by atoms with Gasteiger partial charge >= 0.3 is 0 Å². The first-order chi connectivity index (χ1) is 8.20. The highest BCUT2D eigenvalue weighted by molar-refractivity contribution is 7.17. The molecule has 0 radical (unpaired) electrons. The van der Waals surface area contributed by atoms with E-state index in [1.165, 1.54) is 15.6 Å². The fraction of sp³-hybridized carbons (Fsp3) is 0.400. The van der Waals surface area contributed by atoms with Crippen molar-refractivity contribution in [1.29, 1.82) is 0 Å². The van der Waals surface area contributed by atoms with Crippen LogP contribution in [-0.2, 0) is 11.2 Å². The number of thiophene rings is 1. The third kappa shape index (κ3) is 2.95. The van der Waals surface area contributed by atoms with E-state index in [1.807, 2.05) is 12.1 Å². The molecule has 1 heterocycles. The minimum Gasteiger partial charge on any atom is -0.299 e. The predicted molar refractivity (Wildman–Crippen MR) is 74.6 cm³/mol. The molecule has 0 saturated carbocycles. The molecule has 0 amide bonds. The summed E-state index contributed by atoms with van der Waals surface area (Å²) in [5.41, 5.74) is 1.19. The highest BCUT2D eigenvalue weighted by atomic mass is 32.1. The number of fused-ring (bicyclic) bond motifs is 1. The van der Waals surface area contributed by atoms with Crippen LogP contribution in [0.5, 0.6) is 0 Å². The Morgan fingerprint density at radius 1 is 1.35 bits per heavy atom. The zero-order valence-electron chi connectivity index (χ0n) is 10.4. The summed E-state index contributed by atoms with van der Waals surface area (Å²) in [6.45, 7) is 4.28. The van der Waals surface area contributed by atoms with Crippen LogP contribution >= 0.6 is 11.3 Å². The van der Waals surface area contributed by atoms with E-state index in [2.05, 4.69) is 31.4 Å². The first kappa shape index (κ1) is 12.3. The quantitative estimate of drug-likeness (QED) is 0.761. The molecule has 0 aliphatic carbocycles. The lowest BCUT2D eigenvalue weighted by molar-refractivity contribution is -0.119. The van der Waals surface area contributed by atoms with Gasteiger partial charge in [0.2, 0.25) is 0 Å². The Kier molecular flexibility index (Phi) is 3.95. The van der Waals surface area contributed by atoms with Gasteiger partial charge in [-0.2, -0.15) is 0 Å². The molecule has 0 aliphatic heterocycles. The standard InChI is InChI=1S/C15H18OS/c1-3-11(2)8-13(16)9-12-10-17-15-7-5-4-6-14(12)15/h4-7,10-11H,3,8-9H2,1-2H3. The molecule has 0 bridgehead atoms. The minimum absolute atomic E-state index is 0.364. The molecular weight excluding hydrogens is 228 g/mol. The van der Waals surface area contributed by atoms with Gasteiger partial charge < -0.3 is 0 Å². The number of ketones is 1. The molecule has 2 heteroatoms. The van der Waals surface area contributed by atoms with E-state index in [0.29, 0.717) is 24.5 Å². The summed E-state index contributed by atoms with van der Waals surface area (Å²) in [5, 5.41) is 3.37. The molecule has 17 heavy (non-hydrogen) atoms. The van der Waals surface area contributed by atoms with Crippen molar-refractivity contribution in [1.82, 2.24) is 0 Å². The Bertz CT molecular complexity index is 512. The predicted octanol–water partition coefficient (Wildman–Crippen LogP) is 4.45. The third-order valence-corrected chi connectivity index (χ3v) is 4.23. The Labute approximate surface area is 106 Å². The molecule has 1 aromatic heterocycles. The van der Waals surface area contributed by atoms with Gasteiger partial charge in [0, 0.05) is 17.5 Å². The van der Waals surface area contributed by atoms with Crippen molar-refractivity contribution in [2.24, 2.45) is 5.92 Å². The molecule has 0 N–H and O–H groups in total. The van der Waals surface area contributed by atoms with Crippen LogP contribution in [0.25, 0.3) is 10.1 Å². The van der Waals surface area contributed by atoms with E-state index in [-0.39, 0.29) is 0 Å². The molecule has 90 valence electrons. The van der Waals surface area contributed by atoms with Gasteiger partial charge in [-0.1, -0.05) is 38.5 Å². The van der Waals surface area contributed by atoms with Crippen LogP contribution in [0.4, 0.5) is 0 Å². The Balaban J connectivity index is 2.11. The summed E-state index contributed by atoms with van der Waals surface area (Å²) < 4.78 is 1.28. The fourth-order valence-corrected chi connectivity index (χ4v) is 2.95. The number of Topliss-reactive ketones (excluding diaryl/α,β-unsaturated/α-hetero) is 1. The van der Waals surface area contributed by atoms with Crippen molar-refractivity contribution in [3.05, 3.63) is 35.2 Å². The highest BCUT2D eigenvalue weighted by Gasteiger charge is 2.11. The summed E-state index contributed by atoms with van der Waals surface area (Å²) in [6, 6.07) is 8.31. The molecular formula is C15H18OS. The molecule has 0 spiro atoms. The maximum atomic E-state index is 11.9. The number of rotatable bonds is 5. The van der Waals surface area contributed by atoms with E-state index in [9.17, 15) is 4.79 Å². The number of hydrogen-bond donors (Lipinski definition) is 0. The highest BCUT2D eigenvalue weighted by Crippen LogP contribution is 2.26. The summed E-state index contributed by atoms with van der Waals surface area (Å²) in [4.78, 5) is 11.9. The summed E-state index contributed by atoms with van der Waals surface area (Å²) in [5.74, 6) is 0.871. The lowest BCUT2D eigenvalue weighted by Gasteiger charge is -2.06. The van der Waals surface area contributed by atoms with Crippen LogP contribution in [0.3, 0.4) is 0 Å². The SMILES string of the molecule is CCC(C)CC(=O)Cc1csc2ccccc12. The molecule has 1 unspecified atom stereocenters.